The van der Waals surface area contributed by atoms with Gasteiger partial charge in [0, 0.05) is 11.6 Å². The highest BCUT2D eigenvalue weighted by Crippen LogP contribution is 2.22. The van der Waals surface area contributed by atoms with E-state index in [-0.39, 0.29) is 5.69 Å². The number of nitrogens with two attached hydrogens (primary N) is 1. The van der Waals surface area contributed by atoms with Crippen molar-refractivity contribution in [3.05, 3.63) is 78.1 Å². The summed E-state index contributed by atoms with van der Waals surface area (Å²) < 4.78 is 0. The highest BCUT2D eigenvalue weighted by Gasteiger charge is 2.35. The number of rotatable bonds is 4. The van der Waals surface area contributed by atoms with Crippen molar-refractivity contribution in [3.63, 3.8) is 0 Å². The zero-order valence-corrected chi connectivity index (χ0v) is 13.2. The molecule has 0 unspecified atom stereocenters. The quantitative estimate of drug-likeness (QED) is 0.774. The molecule has 0 aliphatic rings. The number of hydrogen-bond donors (Lipinski definition) is 2. The molecule has 24 heavy (non-hydrogen) atoms. The molecule has 5 nitrogen and oxygen atoms in total. The predicted octanol–water partition coefficient (Wildman–Crippen LogP) is 2.37. The molecule has 0 saturated carbocycles. The Morgan fingerprint density at radius 3 is 2.38 bits per heavy atom. The van der Waals surface area contributed by atoms with Crippen molar-refractivity contribution < 1.29 is 9.59 Å². The summed E-state index contributed by atoms with van der Waals surface area (Å²) in [5.74, 6) is -1.08. The van der Waals surface area contributed by atoms with Crippen molar-refractivity contribution in [2.75, 3.05) is 0 Å². The van der Waals surface area contributed by atoms with Crippen LogP contribution in [0.4, 0.5) is 0 Å². The van der Waals surface area contributed by atoms with Crippen LogP contribution in [-0.4, -0.2) is 16.8 Å². The summed E-state index contributed by atoms with van der Waals surface area (Å²) in [5.41, 5.74) is 5.12. The van der Waals surface area contributed by atoms with E-state index in [0.717, 1.165) is 10.8 Å². The lowest BCUT2D eigenvalue weighted by atomic mass is 9.91. The first-order valence-electron chi connectivity index (χ1n) is 7.54. The Labute approximate surface area is 139 Å². The van der Waals surface area contributed by atoms with Gasteiger partial charge in [-0.1, -0.05) is 54.6 Å². The van der Waals surface area contributed by atoms with Crippen molar-refractivity contribution in [2.24, 2.45) is 5.73 Å². The SMILES string of the molecule is C[C@@](NC(=O)c1nccc2ccccc12)(C(N)=O)c1ccccc1. The van der Waals surface area contributed by atoms with Gasteiger partial charge in [0.15, 0.2) is 0 Å². The number of amides is 2. The van der Waals surface area contributed by atoms with Gasteiger partial charge in [0.1, 0.15) is 11.2 Å². The number of fused-ring (bicyclic) bond motifs is 1. The minimum Gasteiger partial charge on any atom is -0.367 e. The van der Waals surface area contributed by atoms with E-state index >= 15 is 0 Å². The lowest BCUT2D eigenvalue weighted by Crippen LogP contribution is -2.52. The van der Waals surface area contributed by atoms with Crippen molar-refractivity contribution in [2.45, 2.75) is 12.5 Å². The number of carbonyl (C=O) groups is 2. The van der Waals surface area contributed by atoms with Crippen LogP contribution in [0.5, 0.6) is 0 Å². The van der Waals surface area contributed by atoms with Gasteiger partial charge in [-0.25, -0.2) is 0 Å². The topological polar surface area (TPSA) is 85.1 Å². The van der Waals surface area contributed by atoms with Crippen LogP contribution in [0.25, 0.3) is 10.8 Å². The molecule has 3 N–H and O–H groups in total. The fourth-order valence-electron chi connectivity index (χ4n) is 2.63. The average Bonchev–Trinajstić information content (AvgIpc) is 2.61. The Balaban J connectivity index is 2.02. The molecule has 0 spiro atoms. The van der Waals surface area contributed by atoms with E-state index < -0.39 is 17.4 Å². The number of pyridine rings is 1. The van der Waals surface area contributed by atoms with E-state index in [1.165, 1.54) is 0 Å². The maximum atomic E-state index is 12.8. The van der Waals surface area contributed by atoms with E-state index in [2.05, 4.69) is 10.3 Å². The molecule has 3 aromatic rings. The van der Waals surface area contributed by atoms with Crippen molar-refractivity contribution in [1.82, 2.24) is 10.3 Å². The summed E-state index contributed by atoms with van der Waals surface area (Å²) in [6.07, 6.45) is 1.57. The normalized spacial score (nSPS) is 13.2. The summed E-state index contributed by atoms with van der Waals surface area (Å²) in [7, 11) is 0. The van der Waals surface area contributed by atoms with Crippen LogP contribution in [0.1, 0.15) is 23.0 Å². The van der Waals surface area contributed by atoms with Gasteiger partial charge in [-0.05, 0) is 23.9 Å². The van der Waals surface area contributed by atoms with Gasteiger partial charge < -0.3 is 11.1 Å². The average molecular weight is 319 g/mol. The van der Waals surface area contributed by atoms with Crippen molar-refractivity contribution in [3.8, 4) is 0 Å². The van der Waals surface area contributed by atoms with Crippen LogP contribution in [-0.2, 0) is 10.3 Å². The Morgan fingerprint density at radius 2 is 1.67 bits per heavy atom. The maximum absolute atomic E-state index is 12.8. The first-order valence-corrected chi connectivity index (χ1v) is 7.54. The Bertz CT molecular complexity index is 903. The largest absolute Gasteiger partial charge is 0.367 e. The molecule has 0 radical (unpaired) electrons. The van der Waals surface area contributed by atoms with Crippen LogP contribution >= 0.6 is 0 Å². The van der Waals surface area contributed by atoms with Gasteiger partial charge in [0.05, 0.1) is 0 Å². The Kier molecular flexibility index (Phi) is 4.00. The second-order valence-corrected chi connectivity index (χ2v) is 5.69. The molecule has 5 heteroatoms. The predicted molar refractivity (Wildman–Crippen MR) is 92.2 cm³/mol. The molecule has 0 aliphatic heterocycles. The molecule has 0 bridgehead atoms. The third kappa shape index (κ3) is 2.72. The number of carbonyl (C=O) groups excluding carboxylic acids is 2. The molecular formula is C19H17N3O2. The molecule has 0 fully saturated rings. The van der Waals surface area contributed by atoms with Crippen molar-refractivity contribution >= 4 is 22.6 Å². The van der Waals surface area contributed by atoms with Crippen LogP contribution in [0.2, 0.25) is 0 Å². The lowest BCUT2D eigenvalue weighted by Gasteiger charge is -2.28. The number of primary amides is 1. The van der Waals surface area contributed by atoms with Crippen LogP contribution < -0.4 is 11.1 Å². The maximum Gasteiger partial charge on any atom is 0.271 e. The molecule has 2 aromatic carbocycles. The zero-order valence-electron chi connectivity index (χ0n) is 13.2. The third-order valence-electron chi connectivity index (χ3n) is 4.10. The fraction of sp³-hybridized carbons (Fsp3) is 0.105. The molecule has 120 valence electrons. The summed E-state index contributed by atoms with van der Waals surface area (Å²) >= 11 is 0. The van der Waals surface area contributed by atoms with Crippen molar-refractivity contribution in [1.29, 1.82) is 0 Å². The van der Waals surface area contributed by atoms with Crippen LogP contribution in [0.15, 0.2) is 66.9 Å². The molecule has 0 aliphatic carbocycles. The van der Waals surface area contributed by atoms with E-state index in [9.17, 15) is 9.59 Å². The van der Waals surface area contributed by atoms with Gasteiger partial charge in [-0.2, -0.15) is 0 Å². The van der Waals surface area contributed by atoms with Crippen LogP contribution in [0, 0.1) is 0 Å². The standard InChI is InChI=1S/C19H17N3O2/c1-19(18(20)24,14-8-3-2-4-9-14)22-17(23)16-15-10-6-5-7-13(15)11-12-21-16/h2-12H,1H3,(H2,20,24)(H,22,23)/t19-/m0/s1. The van der Waals surface area contributed by atoms with E-state index in [0.29, 0.717) is 5.56 Å². The monoisotopic (exact) mass is 319 g/mol. The summed E-state index contributed by atoms with van der Waals surface area (Å²) in [6.45, 7) is 1.59. The molecule has 2 amide bonds. The minimum atomic E-state index is -1.32. The highest BCUT2D eigenvalue weighted by molar-refractivity contribution is 6.07. The van der Waals surface area contributed by atoms with Crippen LogP contribution in [0.3, 0.4) is 0 Å². The summed E-state index contributed by atoms with van der Waals surface area (Å²) in [4.78, 5) is 29.0. The number of nitrogens with zero attached hydrogens (tertiary/aromatic N) is 1. The molecular weight excluding hydrogens is 302 g/mol. The number of nitrogens with one attached hydrogen (secondary N) is 1. The van der Waals surface area contributed by atoms with E-state index in [1.54, 1.807) is 37.4 Å². The van der Waals surface area contributed by atoms with Gasteiger partial charge in [0.25, 0.3) is 5.91 Å². The summed E-state index contributed by atoms with van der Waals surface area (Å²) in [6, 6.07) is 18.2. The fourth-order valence-corrected chi connectivity index (χ4v) is 2.63. The highest BCUT2D eigenvalue weighted by atomic mass is 16.2. The third-order valence-corrected chi connectivity index (χ3v) is 4.10. The molecule has 1 heterocycles. The van der Waals surface area contributed by atoms with Gasteiger partial charge in [-0.3, -0.25) is 14.6 Å². The number of aromatic nitrogens is 1. The van der Waals surface area contributed by atoms with Gasteiger partial charge >= 0.3 is 0 Å². The first-order chi connectivity index (χ1) is 11.5. The number of hydrogen-bond acceptors (Lipinski definition) is 3. The lowest BCUT2D eigenvalue weighted by molar-refractivity contribution is -0.123. The molecule has 0 saturated heterocycles. The molecule has 1 atom stereocenters. The summed E-state index contributed by atoms with van der Waals surface area (Å²) in [5, 5.41) is 4.36. The second-order valence-electron chi connectivity index (χ2n) is 5.69. The Hall–Kier alpha value is -3.21. The van der Waals surface area contributed by atoms with E-state index in [4.69, 9.17) is 5.73 Å². The number of benzene rings is 2. The zero-order chi connectivity index (χ0) is 17.2. The smallest absolute Gasteiger partial charge is 0.271 e. The molecule has 1 aromatic heterocycles. The minimum absolute atomic E-state index is 0.261. The van der Waals surface area contributed by atoms with Gasteiger partial charge in [0.2, 0.25) is 5.91 Å². The second kappa shape index (κ2) is 6.12. The Morgan fingerprint density at radius 1 is 1.00 bits per heavy atom. The molecule has 3 rings (SSSR count). The first kappa shape index (κ1) is 15.7. The van der Waals surface area contributed by atoms with Gasteiger partial charge in [-0.15, -0.1) is 0 Å². The van der Waals surface area contributed by atoms with E-state index in [1.807, 2.05) is 36.4 Å².